The zero-order valence-electron chi connectivity index (χ0n) is 21.4. The van der Waals surface area contributed by atoms with Crippen LogP contribution in [0.25, 0.3) is 37.9 Å². The molecule has 0 saturated heterocycles. The van der Waals surface area contributed by atoms with Crippen molar-refractivity contribution in [2.75, 3.05) is 0 Å². The Kier molecular flexibility index (Phi) is 4.29. The second-order valence-corrected chi connectivity index (χ2v) is 11.5. The van der Waals surface area contributed by atoms with Crippen molar-refractivity contribution in [3.63, 3.8) is 0 Å². The monoisotopic (exact) mass is 594 g/mol. The van der Waals surface area contributed by atoms with Gasteiger partial charge in [0.05, 0.1) is 5.41 Å². The van der Waals surface area contributed by atoms with Gasteiger partial charge in [0, 0.05) is 33.2 Å². The van der Waals surface area contributed by atoms with E-state index in [0.29, 0.717) is 44.0 Å². The molecule has 4 aliphatic carbocycles. The zero-order chi connectivity index (χ0) is 30.0. The van der Waals surface area contributed by atoms with Crippen LogP contribution in [0.5, 0.6) is 5.75 Å². The van der Waals surface area contributed by atoms with E-state index in [1.807, 2.05) is 0 Å². The molecule has 2 nitrogen and oxygen atoms in total. The third kappa shape index (κ3) is 2.70. The number of carbonyl (C=O) groups is 1. The fourth-order valence-corrected chi connectivity index (χ4v) is 8.07. The van der Waals surface area contributed by atoms with Gasteiger partial charge in [-0.15, -0.1) is 0 Å². The number of benzene rings is 5. The molecule has 4 aliphatic rings. The summed E-state index contributed by atoms with van der Waals surface area (Å²) in [5.74, 6) is -4.43. The first-order chi connectivity index (χ1) is 20.4. The van der Waals surface area contributed by atoms with Crippen LogP contribution >= 0.6 is 0 Å². The van der Waals surface area contributed by atoms with Gasteiger partial charge in [-0.2, -0.15) is 26.3 Å². The first kappa shape index (κ1) is 25.1. The Morgan fingerprint density at radius 2 is 1.58 bits per heavy atom. The van der Waals surface area contributed by atoms with Crippen LogP contribution in [0.2, 0.25) is 0 Å². The van der Waals surface area contributed by atoms with Gasteiger partial charge in [-0.25, -0.2) is 8.78 Å². The summed E-state index contributed by atoms with van der Waals surface area (Å²) in [5.41, 5.74) is 0.716. The van der Waals surface area contributed by atoms with Gasteiger partial charge < -0.3 is 4.74 Å². The number of alkyl halides is 7. The Morgan fingerprint density at radius 3 is 2.33 bits per heavy atom. The molecule has 2 bridgehead atoms. The lowest BCUT2D eigenvalue weighted by atomic mass is 9.60. The SMILES string of the molecule is O=C1C=C2C=CC34c5ccccc5C(c5c(F)c(OC(C(F)(F)F)C(F)(F)F)c6ccc7ccc1c1c2c3c5c6c71)C4F. The molecular formula is C33H14F8O2. The summed E-state index contributed by atoms with van der Waals surface area (Å²) >= 11 is 0. The molecule has 0 N–H and O–H groups in total. The predicted octanol–water partition coefficient (Wildman–Crippen LogP) is 8.83. The predicted molar refractivity (Wildman–Crippen MR) is 142 cm³/mol. The van der Waals surface area contributed by atoms with Crippen molar-refractivity contribution in [2.45, 2.75) is 36.0 Å². The molecule has 214 valence electrons. The Bertz CT molecular complexity index is 2190. The first-order valence-corrected chi connectivity index (χ1v) is 13.3. The summed E-state index contributed by atoms with van der Waals surface area (Å²) in [6.07, 6.45) is -13.3. The number of carbonyl (C=O) groups excluding carboxylic acids is 1. The van der Waals surface area contributed by atoms with Crippen LogP contribution in [0, 0.1) is 5.82 Å². The number of hydrogen-bond acceptors (Lipinski definition) is 2. The maximum absolute atomic E-state index is 17.1. The fourth-order valence-electron chi connectivity index (χ4n) is 8.07. The van der Waals surface area contributed by atoms with Crippen LogP contribution in [0.4, 0.5) is 35.1 Å². The summed E-state index contributed by atoms with van der Waals surface area (Å²) in [7, 11) is 0. The van der Waals surface area contributed by atoms with E-state index in [1.54, 1.807) is 48.6 Å². The number of hydrogen-bond donors (Lipinski definition) is 0. The Hall–Kier alpha value is -4.47. The molecule has 0 radical (unpaired) electrons. The normalized spacial score (nSPS) is 23.3. The maximum atomic E-state index is 17.1. The van der Waals surface area contributed by atoms with E-state index in [-0.39, 0.29) is 33.1 Å². The van der Waals surface area contributed by atoms with Crippen molar-refractivity contribution < 1.29 is 44.7 Å². The lowest BCUT2D eigenvalue weighted by Crippen LogP contribution is -2.47. The molecule has 5 aromatic carbocycles. The van der Waals surface area contributed by atoms with Crippen LogP contribution in [0.1, 0.15) is 44.1 Å². The topological polar surface area (TPSA) is 26.3 Å². The maximum Gasteiger partial charge on any atom is 0.434 e. The molecule has 3 atom stereocenters. The number of allylic oxidation sites excluding steroid dienone is 4. The first-order valence-electron chi connectivity index (χ1n) is 13.3. The van der Waals surface area contributed by atoms with E-state index < -0.39 is 47.5 Å². The molecule has 9 rings (SSSR count). The highest BCUT2D eigenvalue weighted by Gasteiger charge is 2.62. The van der Waals surface area contributed by atoms with Gasteiger partial charge in [-0.1, -0.05) is 48.6 Å². The lowest BCUT2D eigenvalue weighted by molar-refractivity contribution is -0.300. The average Bonchev–Trinajstić information content (AvgIpc) is 3.10. The number of ether oxygens (including phenoxy) is 1. The van der Waals surface area contributed by atoms with Gasteiger partial charge in [0.25, 0.3) is 6.10 Å². The second kappa shape index (κ2) is 7.35. The number of rotatable bonds is 2. The van der Waals surface area contributed by atoms with E-state index >= 15 is 8.78 Å². The van der Waals surface area contributed by atoms with Crippen LogP contribution < -0.4 is 4.74 Å². The largest absolute Gasteiger partial charge is 0.468 e. The molecule has 0 fully saturated rings. The van der Waals surface area contributed by atoms with Gasteiger partial charge in [0.2, 0.25) is 0 Å². The van der Waals surface area contributed by atoms with E-state index in [9.17, 15) is 31.1 Å². The minimum absolute atomic E-state index is 0.140. The van der Waals surface area contributed by atoms with Gasteiger partial charge in [-0.3, -0.25) is 4.79 Å². The van der Waals surface area contributed by atoms with Crippen molar-refractivity contribution in [3.05, 3.63) is 106 Å². The lowest BCUT2D eigenvalue weighted by Gasteiger charge is -2.43. The molecule has 0 aromatic heterocycles. The molecule has 0 amide bonds. The van der Waals surface area contributed by atoms with E-state index in [2.05, 4.69) is 4.74 Å². The highest BCUT2D eigenvalue weighted by Crippen LogP contribution is 2.67. The zero-order valence-corrected chi connectivity index (χ0v) is 21.4. The van der Waals surface area contributed by atoms with Crippen LogP contribution in [-0.4, -0.2) is 30.4 Å². The standard InChI is InChI=1S/C33H14F8O2/c34-27-25-23-14-3-1-2-4-17(14)31(29(23)35)10-9-13-11-18(42)15-7-5-12-6-8-16(22-19(12)21(15)20(13)26(31)24(22)25)28(27)43-30(32(36,37)38)33(39,40)41/h1-11,23,29-30H. The van der Waals surface area contributed by atoms with Crippen molar-refractivity contribution in [1.82, 2.24) is 0 Å². The Morgan fingerprint density at radius 1 is 0.860 bits per heavy atom. The highest BCUT2D eigenvalue weighted by atomic mass is 19.4. The van der Waals surface area contributed by atoms with Gasteiger partial charge in [0.1, 0.15) is 6.17 Å². The smallest absolute Gasteiger partial charge is 0.434 e. The second-order valence-electron chi connectivity index (χ2n) is 11.5. The van der Waals surface area contributed by atoms with E-state index in [1.165, 1.54) is 18.2 Å². The van der Waals surface area contributed by atoms with Crippen molar-refractivity contribution >= 4 is 43.7 Å². The summed E-state index contributed by atoms with van der Waals surface area (Å²) in [6.45, 7) is 0. The van der Waals surface area contributed by atoms with Gasteiger partial charge in [0.15, 0.2) is 17.3 Å². The van der Waals surface area contributed by atoms with Crippen LogP contribution in [0.3, 0.4) is 0 Å². The van der Waals surface area contributed by atoms with Gasteiger partial charge in [-0.05, 0) is 62.2 Å². The molecule has 0 aliphatic heterocycles. The summed E-state index contributed by atoms with van der Waals surface area (Å²) in [5, 5.41) is 1.34. The Balaban J connectivity index is 1.55. The number of ketones is 1. The quantitative estimate of drug-likeness (QED) is 0.151. The highest BCUT2D eigenvalue weighted by molar-refractivity contribution is 6.35. The molecule has 0 heterocycles. The van der Waals surface area contributed by atoms with E-state index in [4.69, 9.17) is 0 Å². The van der Waals surface area contributed by atoms with Gasteiger partial charge >= 0.3 is 12.4 Å². The number of halogens is 8. The molecule has 0 saturated carbocycles. The van der Waals surface area contributed by atoms with Crippen LogP contribution in [-0.2, 0) is 5.41 Å². The third-order valence-electron chi connectivity index (χ3n) is 9.53. The number of fused-ring (bicyclic) bond motifs is 1. The summed E-state index contributed by atoms with van der Waals surface area (Å²) < 4.78 is 121. The Labute approximate surface area is 236 Å². The molecule has 43 heavy (non-hydrogen) atoms. The average molecular weight is 594 g/mol. The summed E-state index contributed by atoms with van der Waals surface area (Å²) in [6, 6.07) is 12.5. The van der Waals surface area contributed by atoms with Crippen molar-refractivity contribution in [1.29, 1.82) is 0 Å². The molecule has 5 aromatic rings. The fraction of sp³-hybridized carbons (Fsp3) is 0.182. The van der Waals surface area contributed by atoms with E-state index in [0.717, 1.165) is 0 Å². The minimum atomic E-state index is -5.92. The molecule has 3 unspecified atom stereocenters. The van der Waals surface area contributed by atoms with Crippen molar-refractivity contribution in [3.8, 4) is 5.75 Å². The van der Waals surface area contributed by atoms with Crippen LogP contribution in [0.15, 0.2) is 66.8 Å². The van der Waals surface area contributed by atoms with Crippen molar-refractivity contribution in [2.24, 2.45) is 0 Å². The molecular weight excluding hydrogens is 580 g/mol. The molecule has 1 spiro atoms. The third-order valence-corrected chi connectivity index (χ3v) is 9.53. The summed E-state index contributed by atoms with van der Waals surface area (Å²) in [4.78, 5) is 13.3. The molecule has 10 heteroatoms. The minimum Gasteiger partial charge on any atom is -0.468 e.